The van der Waals surface area contributed by atoms with E-state index in [0.29, 0.717) is 22.8 Å². The fourth-order valence-corrected chi connectivity index (χ4v) is 4.51. The van der Waals surface area contributed by atoms with E-state index in [4.69, 9.17) is 9.84 Å². The molecule has 7 nitrogen and oxygen atoms in total. The summed E-state index contributed by atoms with van der Waals surface area (Å²) in [5.74, 6) is 6.00. The summed E-state index contributed by atoms with van der Waals surface area (Å²) in [6.07, 6.45) is 1.12. The first-order valence-corrected chi connectivity index (χ1v) is 12.7. The Morgan fingerprint density at radius 3 is 2.71 bits per heavy atom. The number of hydrogen-bond acceptors (Lipinski definition) is 5. The highest BCUT2D eigenvalue weighted by molar-refractivity contribution is 5.92. The van der Waals surface area contributed by atoms with Crippen molar-refractivity contribution < 1.29 is 27.8 Å². The summed E-state index contributed by atoms with van der Waals surface area (Å²) in [6, 6.07) is 10.5. The molecule has 202 valence electrons. The molecule has 4 rings (SSSR count). The average Bonchev–Trinajstić information content (AvgIpc) is 3.24. The van der Waals surface area contributed by atoms with Crippen LogP contribution < -0.4 is 10.6 Å². The van der Waals surface area contributed by atoms with Crippen molar-refractivity contribution >= 4 is 22.5 Å². The van der Waals surface area contributed by atoms with Gasteiger partial charge in [0.05, 0.1) is 30.7 Å². The molecule has 1 saturated heterocycles. The lowest BCUT2D eigenvalue weighted by atomic mass is 9.92. The van der Waals surface area contributed by atoms with E-state index in [0.717, 1.165) is 49.8 Å². The summed E-state index contributed by atoms with van der Waals surface area (Å²) in [7, 11) is 0. The number of benzene rings is 1. The number of aliphatic hydroxyl groups is 1. The van der Waals surface area contributed by atoms with E-state index in [-0.39, 0.29) is 25.4 Å². The normalized spacial score (nSPS) is 14.2. The number of rotatable bonds is 9. The Morgan fingerprint density at radius 2 is 2.00 bits per heavy atom. The van der Waals surface area contributed by atoms with E-state index < -0.39 is 18.6 Å². The second kappa shape index (κ2) is 12.8. The van der Waals surface area contributed by atoms with Crippen molar-refractivity contribution in [2.24, 2.45) is 5.92 Å². The zero-order chi connectivity index (χ0) is 27.0. The van der Waals surface area contributed by atoms with Crippen LogP contribution in [0, 0.1) is 17.8 Å². The first-order valence-electron chi connectivity index (χ1n) is 12.7. The van der Waals surface area contributed by atoms with Gasteiger partial charge in [-0.15, -0.1) is 0 Å². The van der Waals surface area contributed by atoms with Crippen molar-refractivity contribution in [1.29, 1.82) is 0 Å². The monoisotopic (exact) mass is 528 g/mol. The molecular weight excluding hydrogens is 497 g/mol. The minimum absolute atomic E-state index is 0.138. The Morgan fingerprint density at radius 1 is 1.18 bits per heavy atom. The molecule has 3 N–H and O–H groups in total. The molecular formula is C28H31F3N4O3. The quantitative estimate of drug-likeness (QED) is 0.364. The molecule has 3 aromatic rings. The Kier molecular flexibility index (Phi) is 9.26. The second-order valence-electron chi connectivity index (χ2n) is 9.29. The smallest absolute Gasteiger partial charge is 0.395 e. The SMILES string of the molecule is O=C(NCCO)c1ccc(NCC#Cc2cc3cc(CCC4CCOCC4)ccc3n2CC(F)(F)F)cn1. The number of fused-ring (bicyclic) bond motifs is 1. The summed E-state index contributed by atoms with van der Waals surface area (Å²) in [4.78, 5) is 15.9. The number of pyridine rings is 1. The lowest BCUT2D eigenvalue weighted by Crippen LogP contribution is -2.27. The van der Waals surface area contributed by atoms with Gasteiger partial charge in [0.15, 0.2) is 0 Å². The molecule has 3 heterocycles. The predicted octanol–water partition coefficient (Wildman–Crippen LogP) is 4.14. The lowest BCUT2D eigenvalue weighted by Gasteiger charge is -2.21. The standard InChI is InChI=1S/C28H31F3N4O3/c29-28(30,31)19-35-24(2-1-11-32-23-6-7-25(34-18-23)27(37)33-12-13-36)17-22-16-21(5-8-26(22)35)4-3-20-9-14-38-15-10-20/h5-8,16-18,20,32,36H,3-4,9-15,19H2,(H,33,37). The highest BCUT2D eigenvalue weighted by Crippen LogP contribution is 2.28. The van der Waals surface area contributed by atoms with Crippen LogP contribution in [0.1, 0.15) is 41.0 Å². The lowest BCUT2D eigenvalue weighted by molar-refractivity contribution is -0.140. The summed E-state index contributed by atoms with van der Waals surface area (Å²) in [6.45, 7) is 0.639. The molecule has 0 aliphatic carbocycles. The fourth-order valence-electron chi connectivity index (χ4n) is 4.51. The number of carbonyl (C=O) groups excluding carboxylic acids is 1. The number of halogens is 3. The summed E-state index contributed by atoms with van der Waals surface area (Å²) in [5.41, 5.74) is 2.74. The third-order valence-electron chi connectivity index (χ3n) is 6.48. The van der Waals surface area contributed by atoms with Gasteiger partial charge in [-0.05, 0) is 73.4 Å². The van der Waals surface area contributed by atoms with Gasteiger partial charge in [0.1, 0.15) is 12.2 Å². The molecule has 0 radical (unpaired) electrons. The van der Waals surface area contributed by atoms with Crippen molar-refractivity contribution in [2.75, 3.05) is 38.2 Å². The topological polar surface area (TPSA) is 88.4 Å². The van der Waals surface area contributed by atoms with Gasteiger partial charge in [0.2, 0.25) is 0 Å². The average molecular weight is 529 g/mol. The fraction of sp³-hybridized carbons (Fsp3) is 0.429. The largest absolute Gasteiger partial charge is 0.406 e. The van der Waals surface area contributed by atoms with Crippen LogP contribution in [-0.2, 0) is 17.7 Å². The van der Waals surface area contributed by atoms with E-state index in [1.807, 2.05) is 12.1 Å². The van der Waals surface area contributed by atoms with Crippen molar-refractivity contribution in [3.63, 3.8) is 0 Å². The molecule has 0 unspecified atom stereocenters. The molecule has 0 saturated carbocycles. The predicted molar refractivity (Wildman–Crippen MR) is 139 cm³/mol. The molecule has 1 fully saturated rings. The van der Waals surface area contributed by atoms with Crippen LogP contribution in [0.2, 0.25) is 0 Å². The Bertz CT molecular complexity index is 1290. The minimum atomic E-state index is -4.38. The molecule has 0 spiro atoms. The maximum atomic E-state index is 13.4. The first kappa shape index (κ1) is 27.5. The van der Waals surface area contributed by atoms with E-state index in [1.54, 1.807) is 18.2 Å². The Balaban J connectivity index is 1.44. The van der Waals surface area contributed by atoms with Gasteiger partial charge >= 0.3 is 6.18 Å². The van der Waals surface area contributed by atoms with Crippen LogP contribution in [0.15, 0.2) is 42.6 Å². The number of amides is 1. The first-order chi connectivity index (χ1) is 18.3. The van der Waals surface area contributed by atoms with Gasteiger partial charge in [-0.1, -0.05) is 12.0 Å². The molecule has 1 aromatic carbocycles. The Hall–Kier alpha value is -3.55. The van der Waals surface area contributed by atoms with Gasteiger partial charge < -0.3 is 25.0 Å². The van der Waals surface area contributed by atoms with Crippen LogP contribution in [0.25, 0.3) is 10.9 Å². The van der Waals surface area contributed by atoms with Gasteiger partial charge in [-0.25, -0.2) is 4.98 Å². The third kappa shape index (κ3) is 7.73. The molecule has 1 amide bonds. The molecule has 1 aliphatic rings. The van der Waals surface area contributed by atoms with Crippen LogP contribution in [0.5, 0.6) is 0 Å². The van der Waals surface area contributed by atoms with Gasteiger partial charge in [-0.2, -0.15) is 13.2 Å². The molecule has 38 heavy (non-hydrogen) atoms. The number of anilines is 1. The number of aromatic nitrogens is 2. The number of aryl methyl sites for hydroxylation is 1. The van der Waals surface area contributed by atoms with Gasteiger partial charge in [0.25, 0.3) is 5.91 Å². The maximum absolute atomic E-state index is 13.4. The highest BCUT2D eigenvalue weighted by Gasteiger charge is 2.29. The molecule has 0 bridgehead atoms. The zero-order valence-electron chi connectivity index (χ0n) is 21.0. The summed E-state index contributed by atoms with van der Waals surface area (Å²) >= 11 is 0. The van der Waals surface area contributed by atoms with Crippen molar-refractivity contribution in [3.8, 4) is 11.8 Å². The van der Waals surface area contributed by atoms with Gasteiger partial charge in [-0.3, -0.25) is 4.79 Å². The molecule has 0 atom stereocenters. The summed E-state index contributed by atoms with van der Waals surface area (Å²) in [5, 5.41) is 15.1. The third-order valence-corrected chi connectivity index (χ3v) is 6.48. The zero-order valence-corrected chi connectivity index (χ0v) is 21.0. The van der Waals surface area contributed by atoms with E-state index >= 15 is 0 Å². The number of nitrogens with one attached hydrogen (secondary N) is 2. The number of carbonyl (C=O) groups is 1. The maximum Gasteiger partial charge on any atom is 0.406 e. The van der Waals surface area contributed by atoms with Crippen molar-refractivity contribution in [1.82, 2.24) is 14.9 Å². The molecule has 10 heteroatoms. The number of aliphatic hydroxyl groups excluding tert-OH is 1. The van der Waals surface area contributed by atoms with Gasteiger partial charge in [0, 0.05) is 30.7 Å². The molecule has 2 aromatic heterocycles. The van der Waals surface area contributed by atoms with Crippen molar-refractivity contribution in [3.05, 3.63) is 59.5 Å². The minimum Gasteiger partial charge on any atom is -0.395 e. The van der Waals surface area contributed by atoms with Crippen LogP contribution in [-0.4, -0.2) is 59.7 Å². The molecule has 1 aliphatic heterocycles. The highest BCUT2D eigenvalue weighted by atomic mass is 19.4. The van der Waals surface area contributed by atoms with E-state index in [1.165, 1.54) is 16.8 Å². The van der Waals surface area contributed by atoms with Crippen molar-refractivity contribution in [2.45, 2.75) is 38.4 Å². The number of ether oxygens (including phenoxy) is 1. The Labute approximate surface area is 219 Å². The van der Waals surface area contributed by atoms with E-state index in [2.05, 4.69) is 27.5 Å². The number of nitrogens with zero attached hydrogens (tertiary/aromatic N) is 2. The number of alkyl halides is 3. The summed E-state index contributed by atoms with van der Waals surface area (Å²) < 4.78 is 46.7. The van der Waals surface area contributed by atoms with Crippen LogP contribution in [0.3, 0.4) is 0 Å². The van der Waals surface area contributed by atoms with E-state index in [9.17, 15) is 18.0 Å². The van der Waals surface area contributed by atoms with Crippen LogP contribution >= 0.6 is 0 Å². The number of hydrogen-bond donors (Lipinski definition) is 3. The second-order valence-corrected chi connectivity index (χ2v) is 9.29. The van der Waals surface area contributed by atoms with Crippen LogP contribution in [0.4, 0.5) is 18.9 Å².